The highest BCUT2D eigenvalue weighted by atomic mass is 127. The first kappa shape index (κ1) is 25.4. The molecule has 0 unspecified atom stereocenters. The molecule has 0 amide bonds. The van der Waals surface area contributed by atoms with Crippen LogP contribution in [0.15, 0.2) is 60.7 Å². The highest BCUT2D eigenvalue weighted by Crippen LogP contribution is 2.40. The normalized spacial score (nSPS) is 24.2. The molecule has 7 heteroatoms. The monoisotopic (exact) mass is 568 g/mol. The van der Waals surface area contributed by atoms with E-state index >= 15 is 0 Å². The standard InChI is InChI=1S/C25H33IO5Si/c1-18(27)29-21-16-22(24(28-5)30-23(21)17-26)31-32(25(2,3)4,19-12-8-6-9-13-19)20-14-10-7-11-15-20/h6-15,21-24H,16-17H2,1-5H3/t21-,22+,23+,24-/m0/s1. The van der Waals surface area contributed by atoms with Crippen LogP contribution in [0.4, 0.5) is 0 Å². The van der Waals surface area contributed by atoms with Crippen molar-refractivity contribution in [1.29, 1.82) is 0 Å². The molecule has 1 aliphatic heterocycles. The maximum Gasteiger partial charge on any atom is 0.302 e. The molecule has 4 atom stereocenters. The number of methoxy groups -OCH3 is 1. The second kappa shape index (κ2) is 10.8. The van der Waals surface area contributed by atoms with Crippen LogP contribution in [0.5, 0.6) is 0 Å². The summed E-state index contributed by atoms with van der Waals surface area (Å²) in [6, 6.07) is 20.9. The Morgan fingerprint density at radius 2 is 1.56 bits per heavy atom. The van der Waals surface area contributed by atoms with E-state index in [4.69, 9.17) is 18.6 Å². The molecule has 3 rings (SSSR count). The summed E-state index contributed by atoms with van der Waals surface area (Å²) >= 11 is 2.26. The van der Waals surface area contributed by atoms with Gasteiger partial charge in [-0.3, -0.25) is 4.79 Å². The molecular formula is C25H33IO5Si. The van der Waals surface area contributed by atoms with Gasteiger partial charge in [-0.25, -0.2) is 0 Å². The lowest BCUT2D eigenvalue weighted by molar-refractivity contribution is -0.250. The summed E-state index contributed by atoms with van der Waals surface area (Å²) in [5.74, 6) is -0.312. The summed E-state index contributed by atoms with van der Waals surface area (Å²) in [5.41, 5.74) is 0. The highest BCUT2D eigenvalue weighted by molar-refractivity contribution is 14.1. The number of hydrogen-bond donors (Lipinski definition) is 0. The largest absolute Gasteiger partial charge is 0.460 e. The second-order valence-electron chi connectivity index (χ2n) is 9.14. The van der Waals surface area contributed by atoms with Gasteiger partial charge < -0.3 is 18.6 Å². The Morgan fingerprint density at radius 3 is 1.97 bits per heavy atom. The number of ether oxygens (including phenoxy) is 3. The van der Waals surface area contributed by atoms with Gasteiger partial charge in [-0.15, -0.1) is 0 Å². The minimum atomic E-state index is -2.80. The molecule has 1 fully saturated rings. The van der Waals surface area contributed by atoms with Crippen LogP contribution in [0.25, 0.3) is 0 Å². The van der Waals surface area contributed by atoms with Gasteiger partial charge in [-0.2, -0.15) is 0 Å². The van der Waals surface area contributed by atoms with Gasteiger partial charge in [-0.1, -0.05) is 104 Å². The van der Waals surface area contributed by atoms with E-state index in [1.807, 2.05) is 12.1 Å². The molecule has 1 aliphatic rings. The number of carbonyl (C=O) groups excluding carboxylic acids is 1. The molecule has 0 saturated carbocycles. The molecular weight excluding hydrogens is 535 g/mol. The van der Waals surface area contributed by atoms with E-state index in [0.717, 1.165) is 0 Å². The molecule has 32 heavy (non-hydrogen) atoms. The first-order valence-corrected chi connectivity index (χ1v) is 14.4. The van der Waals surface area contributed by atoms with Crippen LogP contribution in [-0.4, -0.2) is 50.4 Å². The third-order valence-corrected chi connectivity index (χ3v) is 11.9. The van der Waals surface area contributed by atoms with Crippen molar-refractivity contribution in [1.82, 2.24) is 0 Å². The Labute approximate surface area is 206 Å². The van der Waals surface area contributed by atoms with E-state index in [9.17, 15) is 4.79 Å². The van der Waals surface area contributed by atoms with Crippen molar-refractivity contribution in [2.24, 2.45) is 0 Å². The first-order chi connectivity index (χ1) is 15.2. The number of carbonyl (C=O) groups is 1. The van der Waals surface area contributed by atoms with Gasteiger partial charge in [0.15, 0.2) is 6.29 Å². The SMILES string of the molecule is CO[C@H]1O[C@H](CI)[C@@H](OC(C)=O)C[C@H]1O[Si](c1ccccc1)(c1ccccc1)C(C)(C)C. The number of benzene rings is 2. The molecule has 2 aromatic carbocycles. The maximum atomic E-state index is 11.8. The molecule has 0 spiro atoms. The number of esters is 1. The Kier molecular flexibility index (Phi) is 8.54. The third kappa shape index (κ3) is 5.28. The summed E-state index contributed by atoms with van der Waals surface area (Å²) < 4.78 is 25.5. The van der Waals surface area contributed by atoms with Gasteiger partial charge in [0, 0.05) is 24.9 Å². The number of alkyl halides is 1. The molecule has 1 heterocycles. The zero-order valence-corrected chi connectivity index (χ0v) is 22.6. The summed E-state index contributed by atoms with van der Waals surface area (Å²) in [6.07, 6.45) is -1.00. The van der Waals surface area contributed by atoms with Crippen molar-refractivity contribution in [3.05, 3.63) is 60.7 Å². The smallest absolute Gasteiger partial charge is 0.302 e. The average molecular weight is 569 g/mol. The molecule has 2 aromatic rings. The fourth-order valence-corrected chi connectivity index (χ4v) is 9.99. The Hall–Kier alpha value is -1.26. The zero-order chi connectivity index (χ0) is 23.4. The molecule has 0 aliphatic carbocycles. The summed E-state index contributed by atoms with van der Waals surface area (Å²) in [4.78, 5) is 11.8. The fourth-order valence-electron chi connectivity index (χ4n) is 4.54. The number of rotatable bonds is 7. The second-order valence-corrected chi connectivity index (χ2v) is 14.3. The zero-order valence-electron chi connectivity index (χ0n) is 19.4. The van der Waals surface area contributed by atoms with Crippen molar-refractivity contribution < 1.29 is 23.4 Å². The average Bonchev–Trinajstić information content (AvgIpc) is 2.77. The minimum absolute atomic E-state index is 0.176. The fraction of sp³-hybridized carbons (Fsp3) is 0.480. The lowest BCUT2D eigenvalue weighted by Gasteiger charge is -2.48. The quantitative estimate of drug-likeness (QED) is 0.218. The topological polar surface area (TPSA) is 54.0 Å². The van der Waals surface area contributed by atoms with Crippen LogP contribution >= 0.6 is 22.6 Å². The van der Waals surface area contributed by atoms with E-state index in [-0.39, 0.29) is 29.3 Å². The van der Waals surface area contributed by atoms with Crippen molar-refractivity contribution in [3.8, 4) is 0 Å². The Morgan fingerprint density at radius 1 is 1.03 bits per heavy atom. The molecule has 0 aromatic heterocycles. The molecule has 1 saturated heterocycles. The predicted octanol–water partition coefficient (Wildman–Crippen LogP) is 4.06. The van der Waals surface area contributed by atoms with Gasteiger partial charge in [0.05, 0.1) is 0 Å². The van der Waals surface area contributed by atoms with Crippen LogP contribution in [0, 0.1) is 0 Å². The van der Waals surface area contributed by atoms with E-state index in [2.05, 4.69) is 91.9 Å². The molecule has 0 bridgehead atoms. The van der Waals surface area contributed by atoms with Gasteiger partial charge >= 0.3 is 5.97 Å². The van der Waals surface area contributed by atoms with Crippen molar-refractivity contribution in [3.63, 3.8) is 0 Å². The van der Waals surface area contributed by atoms with Crippen LogP contribution in [0.1, 0.15) is 34.1 Å². The number of hydrogen-bond acceptors (Lipinski definition) is 5. The van der Waals surface area contributed by atoms with Crippen LogP contribution in [0.3, 0.4) is 0 Å². The van der Waals surface area contributed by atoms with Gasteiger partial charge in [0.1, 0.15) is 18.3 Å². The minimum Gasteiger partial charge on any atom is -0.460 e. The van der Waals surface area contributed by atoms with Crippen molar-refractivity contribution in [2.75, 3.05) is 11.5 Å². The Balaban J connectivity index is 2.10. The van der Waals surface area contributed by atoms with Gasteiger partial charge in [-0.05, 0) is 15.4 Å². The van der Waals surface area contributed by atoms with E-state index < -0.39 is 14.6 Å². The summed E-state index contributed by atoms with van der Waals surface area (Å²) in [7, 11) is -1.16. The van der Waals surface area contributed by atoms with Crippen molar-refractivity contribution >= 4 is 47.3 Å². The molecule has 0 radical (unpaired) electrons. The Bertz CT molecular complexity index is 831. The highest BCUT2D eigenvalue weighted by Gasteiger charge is 2.54. The predicted molar refractivity (Wildman–Crippen MR) is 137 cm³/mol. The molecule has 174 valence electrons. The van der Waals surface area contributed by atoms with Gasteiger partial charge in [0.25, 0.3) is 8.32 Å². The first-order valence-electron chi connectivity index (χ1n) is 10.9. The van der Waals surface area contributed by atoms with E-state index in [1.165, 1.54) is 17.3 Å². The molecule has 0 N–H and O–H groups in total. The molecule has 5 nitrogen and oxygen atoms in total. The van der Waals surface area contributed by atoms with Crippen molar-refractivity contribution in [2.45, 2.75) is 63.8 Å². The van der Waals surface area contributed by atoms with Crippen LogP contribution < -0.4 is 10.4 Å². The van der Waals surface area contributed by atoms with Gasteiger partial charge in [0.2, 0.25) is 0 Å². The maximum absolute atomic E-state index is 11.8. The van der Waals surface area contributed by atoms with E-state index in [1.54, 1.807) is 7.11 Å². The van der Waals surface area contributed by atoms with Crippen LogP contribution in [0.2, 0.25) is 5.04 Å². The van der Waals surface area contributed by atoms with Crippen LogP contribution in [-0.2, 0) is 23.4 Å². The third-order valence-electron chi connectivity index (χ3n) is 5.94. The summed E-state index contributed by atoms with van der Waals surface area (Å²) in [5, 5.41) is 2.20. The number of halogens is 1. The lowest BCUT2D eigenvalue weighted by atomic mass is 10.0. The summed E-state index contributed by atoms with van der Waals surface area (Å²) in [6.45, 7) is 8.15. The lowest BCUT2D eigenvalue weighted by Crippen LogP contribution is -2.69. The van der Waals surface area contributed by atoms with E-state index in [0.29, 0.717) is 10.8 Å².